The van der Waals surface area contributed by atoms with E-state index in [1.165, 1.54) is 11.3 Å². The fraction of sp³-hybridized carbons (Fsp3) is 0.222. The topological polar surface area (TPSA) is 41.2 Å². The number of nitrogens with zero attached hydrogens (tertiary/aromatic N) is 1. The average molecular weight is 312 g/mol. The number of carbonyl (C=O) groups excluding carboxylic acids is 1. The van der Waals surface area contributed by atoms with Gasteiger partial charge in [0.15, 0.2) is 5.69 Å². The minimum atomic E-state index is -0.501. The Morgan fingerprint density at radius 1 is 1.23 bits per heavy atom. The summed E-state index contributed by atoms with van der Waals surface area (Å²) in [5.41, 5.74) is 3.60. The minimum absolute atomic E-state index is 0.0832. The number of carbonyl (C=O) groups is 1. The van der Waals surface area contributed by atoms with Crippen molar-refractivity contribution >= 4 is 27.9 Å². The molecule has 3 aromatic rings. The SMILES string of the molecule is Cc1c(C(C)O)sc[n+]1CC(=O)c1cccc2ccccc12. The van der Waals surface area contributed by atoms with Crippen LogP contribution in [0.4, 0.5) is 0 Å². The molecule has 3 nitrogen and oxygen atoms in total. The Labute approximate surface area is 133 Å². The van der Waals surface area contributed by atoms with Crippen LogP contribution in [0.5, 0.6) is 0 Å². The fourth-order valence-electron chi connectivity index (χ4n) is 2.69. The smallest absolute Gasteiger partial charge is 0.228 e. The van der Waals surface area contributed by atoms with Crippen molar-refractivity contribution in [3.63, 3.8) is 0 Å². The molecule has 1 unspecified atom stereocenters. The van der Waals surface area contributed by atoms with Crippen molar-refractivity contribution in [1.82, 2.24) is 0 Å². The summed E-state index contributed by atoms with van der Waals surface area (Å²) >= 11 is 1.49. The van der Waals surface area contributed by atoms with E-state index < -0.39 is 6.10 Å². The third kappa shape index (κ3) is 2.67. The van der Waals surface area contributed by atoms with Crippen molar-refractivity contribution in [2.75, 3.05) is 0 Å². The summed E-state index contributed by atoms with van der Waals surface area (Å²) in [6.45, 7) is 3.98. The third-order valence-corrected chi connectivity index (χ3v) is 5.13. The molecule has 1 atom stereocenters. The monoisotopic (exact) mass is 312 g/mol. The van der Waals surface area contributed by atoms with Gasteiger partial charge in [0.2, 0.25) is 17.8 Å². The van der Waals surface area contributed by atoms with Gasteiger partial charge in [-0.25, -0.2) is 0 Å². The number of fused-ring (bicyclic) bond motifs is 1. The maximum absolute atomic E-state index is 12.7. The van der Waals surface area contributed by atoms with E-state index in [9.17, 15) is 9.90 Å². The highest BCUT2D eigenvalue weighted by molar-refractivity contribution is 7.09. The van der Waals surface area contributed by atoms with Crippen molar-refractivity contribution in [2.24, 2.45) is 0 Å². The largest absolute Gasteiger partial charge is 0.388 e. The van der Waals surface area contributed by atoms with E-state index in [-0.39, 0.29) is 5.78 Å². The zero-order valence-corrected chi connectivity index (χ0v) is 13.4. The third-order valence-electron chi connectivity index (χ3n) is 3.88. The number of hydrogen-bond donors (Lipinski definition) is 1. The Kier molecular flexibility index (Phi) is 4.05. The summed E-state index contributed by atoms with van der Waals surface area (Å²) in [7, 11) is 0. The lowest BCUT2D eigenvalue weighted by atomic mass is 10.0. The van der Waals surface area contributed by atoms with Crippen LogP contribution in [0.1, 0.15) is 34.0 Å². The quantitative estimate of drug-likeness (QED) is 0.592. The van der Waals surface area contributed by atoms with Gasteiger partial charge in [0, 0.05) is 12.5 Å². The summed E-state index contributed by atoms with van der Waals surface area (Å²) in [4.78, 5) is 13.6. The van der Waals surface area contributed by atoms with E-state index in [2.05, 4.69) is 0 Å². The second-order valence-electron chi connectivity index (χ2n) is 5.43. The van der Waals surface area contributed by atoms with Gasteiger partial charge in [0.25, 0.3) is 0 Å². The Bertz CT molecular complexity index is 831. The van der Waals surface area contributed by atoms with Crippen LogP contribution in [0.3, 0.4) is 0 Å². The molecule has 22 heavy (non-hydrogen) atoms. The van der Waals surface area contributed by atoms with Crippen molar-refractivity contribution in [1.29, 1.82) is 0 Å². The molecule has 0 aliphatic heterocycles. The second kappa shape index (κ2) is 5.99. The number of rotatable bonds is 4. The number of aliphatic hydroxyl groups excluding tert-OH is 1. The van der Waals surface area contributed by atoms with Gasteiger partial charge in [0.05, 0.1) is 6.10 Å². The Balaban J connectivity index is 1.94. The predicted octanol–water partition coefficient (Wildman–Crippen LogP) is 3.43. The summed E-state index contributed by atoms with van der Waals surface area (Å²) in [5, 5.41) is 11.8. The molecule has 0 amide bonds. The van der Waals surface area contributed by atoms with Crippen LogP contribution >= 0.6 is 11.3 Å². The standard InChI is InChI=1S/C18H18NO2S/c1-12-18(13(2)20)22-11-19(12)10-17(21)16-9-5-7-14-6-3-4-8-15(14)16/h3-9,11,13,20H,10H2,1-2H3/q+1. The molecule has 0 radical (unpaired) electrons. The van der Waals surface area contributed by atoms with E-state index in [1.54, 1.807) is 6.92 Å². The summed E-state index contributed by atoms with van der Waals surface area (Å²) in [5.74, 6) is 0.0832. The van der Waals surface area contributed by atoms with Crippen molar-refractivity contribution in [3.05, 3.63) is 64.1 Å². The van der Waals surface area contributed by atoms with E-state index >= 15 is 0 Å². The summed E-state index contributed by atoms with van der Waals surface area (Å²) < 4.78 is 1.91. The Morgan fingerprint density at radius 2 is 1.95 bits per heavy atom. The molecule has 2 aromatic carbocycles. The van der Waals surface area contributed by atoms with E-state index in [0.29, 0.717) is 6.54 Å². The molecule has 0 saturated carbocycles. The molecule has 0 aliphatic carbocycles. The molecule has 0 spiro atoms. The number of ketones is 1. The summed E-state index contributed by atoms with van der Waals surface area (Å²) in [6.07, 6.45) is -0.501. The molecule has 3 rings (SSSR count). The maximum Gasteiger partial charge on any atom is 0.228 e. The molecule has 1 aromatic heterocycles. The van der Waals surface area contributed by atoms with Gasteiger partial charge in [-0.2, -0.15) is 4.57 Å². The lowest BCUT2D eigenvalue weighted by Gasteiger charge is -2.04. The van der Waals surface area contributed by atoms with Crippen LogP contribution in [0.2, 0.25) is 0 Å². The Hall–Kier alpha value is -2.04. The molecule has 0 fully saturated rings. The van der Waals surface area contributed by atoms with Crippen LogP contribution < -0.4 is 4.57 Å². The highest BCUT2D eigenvalue weighted by Crippen LogP contribution is 2.21. The number of aromatic nitrogens is 1. The molecule has 1 heterocycles. The molecule has 4 heteroatoms. The molecular weight excluding hydrogens is 294 g/mol. The van der Waals surface area contributed by atoms with Crippen LogP contribution in [-0.2, 0) is 6.54 Å². The first kappa shape index (κ1) is 14.9. The van der Waals surface area contributed by atoms with Gasteiger partial charge in [-0.15, -0.1) is 0 Å². The molecular formula is C18H18NO2S+. The number of thiazole rings is 1. The molecule has 0 bridgehead atoms. The zero-order valence-electron chi connectivity index (χ0n) is 12.6. The van der Waals surface area contributed by atoms with Crippen molar-refractivity contribution in [3.8, 4) is 0 Å². The number of Topliss-reactive ketones (excluding diaryl/α,β-unsaturated/α-hetero) is 1. The van der Waals surface area contributed by atoms with Crippen molar-refractivity contribution in [2.45, 2.75) is 26.5 Å². The lowest BCUT2D eigenvalue weighted by molar-refractivity contribution is -0.684. The lowest BCUT2D eigenvalue weighted by Crippen LogP contribution is -2.38. The zero-order chi connectivity index (χ0) is 15.7. The first-order valence-electron chi connectivity index (χ1n) is 7.24. The molecule has 1 N–H and O–H groups in total. The highest BCUT2D eigenvalue weighted by atomic mass is 32.1. The second-order valence-corrected chi connectivity index (χ2v) is 6.31. The van der Waals surface area contributed by atoms with Gasteiger partial charge < -0.3 is 5.11 Å². The van der Waals surface area contributed by atoms with Crippen LogP contribution in [-0.4, -0.2) is 10.9 Å². The van der Waals surface area contributed by atoms with Gasteiger partial charge in [-0.1, -0.05) is 53.8 Å². The number of hydrogen-bond acceptors (Lipinski definition) is 3. The van der Waals surface area contributed by atoms with Crippen LogP contribution in [0, 0.1) is 6.92 Å². The first-order valence-corrected chi connectivity index (χ1v) is 8.12. The predicted molar refractivity (Wildman–Crippen MR) is 88.2 cm³/mol. The molecule has 0 saturated heterocycles. The minimum Gasteiger partial charge on any atom is -0.388 e. The Morgan fingerprint density at radius 3 is 2.68 bits per heavy atom. The van der Waals surface area contributed by atoms with E-state index in [1.807, 2.05) is 59.5 Å². The number of benzene rings is 2. The van der Waals surface area contributed by atoms with E-state index in [4.69, 9.17) is 0 Å². The van der Waals surface area contributed by atoms with Gasteiger partial charge in [-0.05, 0) is 17.7 Å². The normalized spacial score (nSPS) is 12.5. The molecule has 112 valence electrons. The highest BCUT2D eigenvalue weighted by Gasteiger charge is 2.22. The van der Waals surface area contributed by atoms with Gasteiger partial charge >= 0.3 is 0 Å². The summed E-state index contributed by atoms with van der Waals surface area (Å²) in [6, 6.07) is 13.7. The van der Waals surface area contributed by atoms with Gasteiger partial charge in [0.1, 0.15) is 4.88 Å². The fourth-order valence-corrected chi connectivity index (χ4v) is 3.65. The number of aliphatic hydroxyl groups is 1. The van der Waals surface area contributed by atoms with Crippen molar-refractivity contribution < 1.29 is 14.5 Å². The average Bonchev–Trinajstić information content (AvgIpc) is 2.88. The van der Waals surface area contributed by atoms with E-state index in [0.717, 1.165) is 26.9 Å². The first-order chi connectivity index (χ1) is 10.6. The maximum atomic E-state index is 12.7. The van der Waals surface area contributed by atoms with Crippen LogP contribution in [0.25, 0.3) is 10.8 Å². The van der Waals surface area contributed by atoms with Gasteiger partial charge in [-0.3, -0.25) is 4.79 Å². The van der Waals surface area contributed by atoms with Crippen LogP contribution in [0.15, 0.2) is 48.0 Å². The molecule has 0 aliphatic rings.